The zero-order valence-electron chi connectivity index (χ0n) is 16.6. The van der Waals surface area contributed by atoms with Crippen LogP contribution in [0.5, 0.6) is 11.5 Å². The van der Waals surface area contributed by atoms with E-state index in [1.54, 1.807) is 13.2 Å². The molecule has 0 aromatic heterocycles. The number of nitrogens with zero attached hydrogens (tertiary/aromatic N) is 2. The Bertz CT molecular complexity index is 1020. The molecule has 0 spiro atoms. The van der Waals surface area contributed by atoms with E-state index in [-0.39, 0.29) is 17.4 Å². The summed E-state index contributed by atoms with van der Waals surface area (Å²) in [7, 11) is 1.63. The molecule has 0 unspecified atom stereocenters. The van der Waals surface area contributed by atoms with Crippen molar-refractivity contribution in [3.8, 4) is 11.5 Å². The third kappa shape index (κ3) is 4.36. The number of hydrogen-bond acceptors (Lipinski definition) is 6. The molecule has 3 aromatic carbocycles. The van der Waals surface area contributed by atoms with E-state index in [4.69, 9.17) is 14.2 Å². The van der Waals surface area contributed by atoms with Crippen molar-refractivity contribution in [3.05, 3.63) is 93.5 Å². The molecule has 4 rings (SSSR count). The van der Waals surface area contributed by atoms with Gasteiger partial charge < -0.3 is 19.1 Å². The third-order valence-corrected chi connectivity index (χ3v) is 5.00. The molecule has 0 radical (unpaired) electrons. The van der Waals surface area contributed by atoms with Gasteiger partial charge in [-0.2, -0.15) is 0 Å². The maximum atomic E-state index is 11.5. The minimum atomic E-state index is -0.382. The Morgan fingerprint density at radius 2 is 1.83 bits per heavy atom. The number of anilines is 1. The summed E-state index contributed by atoms with van der Waals surface area (Å²) in [5.74, 6) is 1.44. The summed E-state index contributed by atoms with van der Waals surface area (Å²) in [6, 6.07) is 21.0. The van der Waals surface area contributed by atoms with E-state index in [0.717, 1.165) is 22.6 Å². The molecule has 0 amide bonds. The number of benzene rings is 3. The second-order valence-electron chi connectivity index (χ2n) is 7.00. The van der Waals surface area contributed by atoms with Gasteiger partial charge in [-0.15, -0.1) is 0 Å². The fraction of sp³-hybridized carbons (Fsp3) is 0.217. The lowest BCUT2D eigenvalue weighted by molar-refractivity contribution is -0.385. The molecule has 154 valence electrons. The zero-order chi connectivity index (χ0) is 20.9. The molecule has 3 aromatic rings. The predicted octanol–water partition coefficient (Wildman–Crippen LogP) is 4.68. The van der Waals surface area contributed by atoms with Gasteiger partial charge in [0, 0.05) is 42.0 Å². The number of hydrogen-bond donors (Lipinski definition) is 0. The summed E-state index contributed by atoms with van der Waals surface area (Å²) in [6.45, 7) is 1.52. The number of ether oxygens (including phenoxy) is 3. The fourth-order valence-electron chi connectivity index (χ4n) is 3.54. The van der Waals surface area contributed by atoms with Crippen LogP contribution in [0.4, 0.5) is 11.4 Å². The molecule has 0 aliphatic carbocycles. The molecule has 7 heteroatoms. The maximum absolute atomic E-state index is 11.5. The van der Waals surface area contributed by atoms with Gasteiger partial charge in [0.2, 0.25) is 0 Å². The van der Waals surface area contributed by atoms with Crippen LogP contribution in [-0.4, -0.2) is 18.8 Å². The van der Waals surface area contributed by atoms with Crippen molar-refractivity contribution in [2.24, 2.45) is 0 Å². The lowest BCUT2D eigenvalue weighted by Crippen LogP contribution is -2.24. The van der Waals surface area contributed by atoms with E-state index < -0.39 is 0 Å². The standard InChI is InChI=1S/C23H22N2O5/c1-28-22-9-7-20(8-10-22)24(13-17-5-3-2-4-6-17)14-18-11-21(25(26)27)12-19-15-29-16-30-23(18)19/h2-12H,13-16H2,1H3. The van der Waals surface area contributed by atoms with Gasteiger partial charge in [-0.25, -0.2) is 0 Å². The minimum absolute atomic E-state index is 0.0345. The van der Waals surface area contributed by atoms with E-state index >= 15 is 0 Å². The monoisotopic (exact) mass is 406 g/mol. The second-order valence-corrected chi connectivity index (χ2v) is 7.00. The Kier molecular flexibility index (Phi) is 5.81. The third-order valence-electron chi connectivity index (χ3n) is 5.00. The van der Waals surface area contributed by atoms with Crippen molar-refractivity contribution in [3.63, 3.8) is 0 Å². The number of methoxy groups -OCH3 is 1. The van der Waals surface area contributed by atoms with Crippen LogP contribution >= 0.6 is 0 Å². The normalized spacial score (nSPS) is 12.6. The highest BCUT2D eigenvalue weighted by Crippen LogP contribution is 2.35. The van der Waals surface area contributed by atoms with Gasteiger partial charge in [0.05, 0.1) is 18.6 Å². The fourth-order valence-corrected chi connectivity index (χ4v) is 3.54. The van der Waals surface area contributed by atoms with Gasteiger partial charge in [-0.1, -0.05) is 30.3 Å². The molecule has 30 heavy (non-hydrogen) atoms. The number of non-ortho nitro benzene ring substituents is 1. The second kappa shape index (κ2) is 8.84. The summed E-state index contributed by atoms with van der Waals surface area (Å²) in [6.07, 6.45) is 0. The Labute approximate surface area is 174 Å². The van der Waals surface area contributed by atoms with E-state index in [2.05, 4.69) is 17.0 Å². The molecule has 0 saturated carbocycles. The van der Waals surface area contributed by atoms with E-state index in [9.17, 15) is 10.1 Å². The first-order valence-corrected chi connectivity index (χ1v) is 9.57. The molecule has 0 atom stereocenters. The van der Waals surface area contributed by atoms with Crippen LogP contribution in [0.1, 0.15) is 16.7 Å². The van der Waals surface area contributed by atoms with E-state index in [1.807, 2.05) is 42.5 Å². The SMILES string of the molecule is COc1ccc(N(Cc2ccccc2)Cc2cc([N+](=O)[O-])cc3c2OCOC3)cc1. The Morgan fingerprint density at radius 3 is 2.53 bits per heavy atom. The van der Waals surface area contributed by atoms with Gasteiger partial charge in [0.15, 0.2) is 6.79 Å². The van der Waals surface area contributed by atoms with Gasteiger partial charge in [0.1, 0.15) is 11.5 Å². The number of rotatable bonds is 7. The van der Waals surface area contributed by atoms with E-state index in [0.29, 0.717) is 31.0 Å². The van der Waals surface area contributed by atoms with Crippen LogP contribution in [0.2, 0.25) is 0 Å². The zero-order valence-corrected chi connectivity index (χ0v) is 16.6. The van der Waals surface area contributed by atoms with Crippen LogP contribution in [0.3, 0.4) is 0 Å². The lowest BCUT2D eigenvalue weighted by atomic mass is 10.1. The average molecular weight is 406 g/mol. The van der Waals surface area contributed by atoms with Crippen LogP contribution in [0, 0.1) is 10.1 Å². The predicted molar refractivity (Wildman–Crippen MR) is 113 cm³/mol. The maximum Gasteiger partial charge on any atom is 0.270 e. The van der Waals surface area contributed by atoms with Crippen molar-refractivity contribution in [2.75, 3.05) is 18.8 Å². The topological polar surface area (TPSA) is 74.1 Å². The Morgan fingerprint density at radius 1 is 1.07 bits per heavy atom. The van der Waals surface area contributed by atoms with Crippen molar-refractivity contribution < 1.29 is 19.1 Å². The van der Waals surface area contributed by atoms with Crippen molar-refractivity contribution >= 4 is 11.4 Å². The van der Waals surface area contributed by atoms with Crippen molar-refractivity contribution in [1.29, 1.82) is 0 Å². The average Bonchev–Trinajstić information content (AvgIpc) is 2.79. The number of nitro groups is 1. The smallest absolute Gasteiger partial charge is 0.270 e. The largest absolute Gasteiger partial charge is 0.497 e. The summed E-state index contributed by atoms with van der Waals surface area (Å²) < 4.78 is 16.3. The van der Waals surface area contributed by atoms with Crippen LogP contribution < -0.4 is 14.4 Å². The summed E-state index contributed by atoms with van der Waals surface area (Å²) in [4.78, 5) is 13.2. The lowest BCUT2D eigenvalue weighted by Gasteiger charge is -2.28. The molecule has 1 heterocycles. The van der Waals surface area contributed by atoms with Crippen LogP contribution in [0.15, 0.2) is 66.7 Å². The molecule has 0 fully saturated rings. The first kappa shape index (κ1) is 19.7. The minimum Gasteiger partial charge on any atom is -0.497 e. The summed E-state index contributed by atoms with van der Waals surface area (Å²) >= 11 is 0. The Balaban J connectivity index is 1.72. The molecule has 1 aliphatic heterocycles. The van der Waals surface area contributed by atoms with E-state index in [1.165, 1.54) is 6.07 Å². The molecular formula is C23H22N2O5. The first-order chi connectivity index (χ1) is 14.6. The quantitative estimate of drug-likeness (QED) is 0.419. The molecule has 1 aliphatic rings. The van der Waals surface area contributed by atoms with Crippen molar-refractivity contribution in [2.45, 2.75) is 19.7 Å². The number of fused-ring (bicyclic) bond motifs is 1. The highest BCUT2D eigenvalue weighted by atomic mass is 16.7. The molecule has 0 N–H and O–H groups in total. The van der Waals surface area contributed by atoms with Gasteiger partial charge in [-0.3, -0.25) is 10.1 Å². The molecular weight excluding hydrogens is 384 g/mol. The number of nitro benzene ring substituents is 1. The van der Waals surface area contributed by atoms with Gasteiger partial charge in [-0.05, 0) is 29.8 Å². The van der Waals surface area contributed by atoms with Crippen LogP contribution in [0.25, 0.3) is 0 Å². The van der Waals surface area contributed by atoms with Crippen molar-refractivity contribution in [1.82, 2.24) is 0 Å². The van der Waals surface area contributed by atoms with Gasteiger partial charge >= 0.3 is 0 Å². The molecule has 0 saturated heterocycles. The van der Waals surface area contributed by atoms with Crippen LogP contribution in [-0.2, 0) is 24.4 Å². The summed E-state index contributed by atoms with van der Waals surface area (Å²) in [5.41, 5.74) is 3.60. The Hall–Kier alpha value is -3.58. The van der Waals surface area contributed by atoms with Gasteiger partial charge in [0.25, 0.3) is 5.69 Å². The highest BCUT2D eigenvalue weighted by molar-refractivity contribution is 5.55. The molecule has 0 bridgehead atoms. The summed E-state index contributed by atoms with van der Waals surface area (Å²) in [5, 5.41) is 11.5. The first-order valence-electron chi connectivity index (χ1n) is 9.57. The highest BCUT2D eigenvalue weighted by Gasteiger charge is 2.22. The molecule has 7 nitrogen and oxygen atoms in total.